The molecule has 4 nitrogen and oxygen atoms in total. The molecular weight excluding hydrogens is 300 g/mol. The highest BCUT2D eigenvalue weighted by molar-refractivity contribution is 9.10. The SMILES string of the molecule is CCOC(=O)C(Br)Cc1ccc2c(c1)OCCO2. The summed E-state index contributed by atoms with van der Waals surface area (Å²) >= 11 is 3.33. The van der Waals surface area contributed by atoms with Crippen LogP contribution in [0.25, 0.3) is 0 Å². The third-order valence-corrected chi connectivity index (χ3v) is 3.26. The molecule has 0 amide bonds. The van der Waals surface area contributed by atoms with E-state index in [0.717, 1.165) is 17.1 Å². The van der Waals surface area contributed by atoms with Gasteiger partial charge >= 0.3 is 5.97 Å². The molecule has 0 spiro atoms. The second kappa shape index (κ2) is 6.09. The third kappa shape index (κ3) is 3.16. The number of carbonyl (C=O) groups is 1. The summed E-state index contributed by atoms with van der Waals surface area (Å²) in [7, 11) is 0. The van der Waals surface area contributed by atoms with Crippen molar-refractivity contribution >= 4 is 21.9 Å². The summed E-state index contributed by atoms with van der Waals surface area (Å²) in [5.41, 5.74) is 1.01. The first-order valence-electron chi connectivity index (χ1n) is 5.90. The Morgan fingerprint density at radius 3 is 2.83 bits per heavy atom. The van der Waals surface area contributed by atoms with Gasteiger partial charge in [0.05, 0.1) is 6.61 Å². The highest BCUT2D eigenvalue weighted by Gasteiger charge is 2.18. The fourth-order valence-electron chi connectivity index (χ4n) is 1.74. The lowest BCUT2D eigenvalue weighted by molar-refractivity contribution is -0.142. The van der Waals surface area contributed by atoms with E-state index in [1.54, 1.807) is 6.92 Å². The lowest BCUT2D eigenvalue weighted by Gasteiger charge is -2.19. The van der Waals surface area contributed by atoms with Gasteiger partial charge in [-0.25, -0.2) is 0 Å². The summed E-state index contributed by atoms with van der Waals surface area (Å²) in [6, 6.07) is 5.71. The Kier molecular flexibility index (Phi) is 4.47. The van der Waals surface area contributed by atoms with Crippen LogP contribution in [0, 0.1) is 0 Å². The number of fused-ring (bicyclic) bond motifs is 1. The number of esters is 1. The van der Waals surface area contributed by atoms with Gasteiger partial charge in [0.25, 0.3) is 0 Å². The fourth-order valence-corrected chi connectivity index (χ4v) is 2.24. The Morgan fingerprint density at radius 2 is 2.11 bits per heavy atom. The number of halogens is 1. The van der Waals surface area contributed by atoms with Crippen LogP contribution in [0.2, 0.25) is 0 Å². The summed E-state index contributed by atoms with van der Waals surface area (Å²) in [4.78, 5) is 11.2. The van der Waals surface area contributed by atoms with Crippen LogP contribution in [0.4, 0.5) is 0 Å². The number of ether oxygens (including phenoxy) is 3. The van der Waals surface area contributed by atoms with E-state index in [1.807, 2.05) is 18.2 Å². The van der Waals surface area contributed by atoms with E-state index >= 15 is 0 Å². The van der Waals surface area contributed by atoms with E-state index in [4.69, 9.17) is 14.2 Å². The van der Waals surface area contributed by atoms with Crippen LogP contribution in [0.3, 0.4) is 0 Å². The van der Waals surface area contributed by atoms with Crippen LogP contribution in [-0.4, -0.2) is 30.6 Å². The predicted molar refractivity (Wildman–Crippen MR) is 70.5 cm³/mol. The van der Waals surface area contributed by atoms with Crippen LogP contribution in [-0.2, 0) is 16.0 Å². The molecular formula is C13H15BrO4. The van der Waals surface area contributed by atoms with Crippen molar-refractivity contribution in [3.05, 3.63) is 23.8 Å². The summed E-state index contributed by atoms with van der Waals surface area (Å²) in [5.74, 6) is 1.25. The smallest absolute Gasteiger partial charge is 0.320 e. The maximum absolute atomic E-state index is 11.5. The molecule has 2 rings (SSSR count). The van der Waals surface area contributed by atoms with Gasteiger partial charge in [0.15, 0.2) is 11.5 Å². The van der Waals surface area contributed by atoms with Gasteiger partial charge in [-0.2, -0.15) is 0 Å². The highest BCUT2D eigenvalue weighted by atomic mass is 79.9. The second-order valence-electron chi connectivity index (χ2n) is 3.90. The first-order chi connectivity index (χ1) is 8.70. The molecule has 0 aromatic heterocycles. The maximum Gasteiger partial charge on any atom is 0.320 e. The van der Waals surface area contributed by atoms with Gasteiger partial charge in [0.1, 0.15) is 18.0 Å². The van der Waals surface area contributed by atoms with Crippen LogP contribution >= 0.6 is 15.9 Å². The van der Waals surface area contributed by atoms with E-state index in [0.29, 0.717) is 26.2 Å². The van der Waals surface area contributed by atoms with Crippen molar-refractivity contribution in [3.8, 4) is 11.5 Å². The van der Waals surface area contributed by atoms with Crippen molar-refractivity contribution < 1.29 is 19.0 Å². The summed E-state index contributed by atoms with van der Waals surface area (Å²) in [6.07, 6.45) is 0.565. The van der Waals surface area contributed by atoms with E-state index in [9.17, 15) is 4.79 Å². The van der Waals surface area contributed by atoms with Gasteiger partial charge in [-0.1, -0.05) is 22.0 Å². The molecule has 1 aromatic carbocycles. The monoisotopic (exact) mass is 314 g/mol. The van der Waals surface area contributed by atoms with Crippen LogP contribution in [0.5, 0.6) is 11.5 Å². The number of alkyl halides is 1. The van der Waals surface area contributed by atoms with Crippen molar-refractivity contribution in [2.45, 2.75) is 18.2 Å². The lowest BCUT2D eigenvalue weighted by Crippen LogP contribution is -2.20. The molecule has 1 heterocycles. The minimum Gasteiger partial charge on any atom is -0.486 e. The number of carbonyl (C=O) groups excluding carboxylic acids is 1. The zero-order valence-electron chi connectivity index (χ0n) is 10.1. The zero-order valence-corrected chi connectivity index (χ0v) is 11.7. The van der Waals surface area contributed by atoms with Gasteiger partial charge in [0.2, 0.25) is 0 Å². The molecule has 1 aliphatic heterocycles. The van der Waals surface area contributed by atoms with Gasteiger partial charge in [-0.15, -0.1) is 0 Å². The molecule has 1 atom stereocenters. The first kappa shape index (κ1) is 13.2. The molecule has 1 aliphatic rings. The topological polar surface area (TPSA) is 44.8 Å². The van der Waals surface area contributed by atoms with E-state index in [-0.39, 0.29) is 10.8 Å². The molecule has 18 heavy (non-hydrogen) atoms. The molecule has 0 radical (unpaired) electrons. The van der Waals surface area contributed by atoms with Crippen molar-refractivity contribution in [2.24, 2.45) is 0 Å². The normalized spacial score (nSPS) is 15.0. The first-order valence-corrected chi connectivity index (χ1v) is 6.81. The van der Waals surface area contributed by atoms with E-state index in [2.05, 4.69) is 15.9 Å². The molecule has 5 heteroatoms. The van der Waals surface area contributed by atoms with Crippen molar-refractivity contribution in [1.29, 1.82) is 0 Å². The third-order valence-electron chi connectivity index (χ3n) is 2.56. The quantitative estimate of drug-likeness (QED) is 0.632. The molecule has 0 saturated heterocycles. The number of benzene rings is 1. The summed E-state index contributed by atoms with van der Waals surface area (Å²) in [5, 5.41) is 0. The maximum atomic E-state index is 11.5. The van der Waals surface area contributed by atoms with Gasteiger partial charge in [-0.05, 0) is 31.0 Å². The lowest BCUT2D eigenvalue weighted by atomic mass is 10.1. The zero-order chi connectivity index (χ0) is 13.0. The average molecular weight is 315 g/mol. The Morgan fingerprint density at radius 1 is 1.39 bits per heavy atom. The Labute approximate surface area is 114 Å². The molecule has 0 aliphatic carbocycles. The van der Waals surface area contributed by atoms with E-state index < -0.39 is 0 Å². The number of hydrogen-bond acceptors (Lipinski definition) is 4. The molecule has 1 unspecified atom stereocenters. The van der Waals surface area contributed by atoms with Gasteiger partial charge < -0.3 is 14.2 Å². The van der Waals surface area contributed by atoms with E-state index in [1.165, 1.54) is 0 Å². The predicted octanol–water partition coefficient (Wildman–Crippen LogP) is 2.33. The molecule has 1 aromatic rings. The molecule has 0 saturated carbocycles. The standard InChI is InChI=1S/C13H15BrO4/c1-2-16-13(15)10(14)7-9-3-4-11-12(8-9)18-6-5-17-11/h3-4,8,10H,2,5-7H2,1H3. The fraction of sp³-hybridized carbons (Fsp3) is 0.462. The molecule has 0 fully saturated rings. The van der Waals surface area contributed by atoms with Crippen molar-refractivity contribution in [1.82, 2.24) is 0 Å². The summed E-state index contributed by atoms with van der Waals surface area (Å²) < 4.78 is 15.9. The number of rotatable bonds is 4. The van der Waals surface area contributed by atoms with Crippen molar-refractivity contribution in [2.75, 3.05) is 19.8 Å². The average Bonchev–Trinajstić information content (AvgIpc) is 2.39. The molecule has 98 valence electrons. The van der Waals surface area contributed by atoms with Crippen LogP contribution in [0.15, 0.2) is 18.2 Å². The minimum atomic E-state index is -0.333. The second-order valence-corrected chi connectivity index (χ2v) is 5.01. The molecule has 0 N–H and O–H groups in total. The van der Waals surface area contributed by atoms with Crippen molar-refractivity contribution in [3.63, 3.8) is 0 Å². The highest BCUT2D eigenvalue weighted by Crippen LogP contribution is 2.31. The largest absolute Gasteiger partial charge is 0.486 e. The Hall–Kier alpha value is -1.23. The van der Waals surface area contributed by atoms with Gasteiger partial charge in [0, 0.05) is 0 Å². The summed E-state index contributed by atoms with van der Waals surface area (Å²) in [6.45, 7) is 3.33. The minimum absolute atomic E-state index is 0.243. The Bertz CT molecular complexity index is 433. The van der Waals surface area contributed by atoms with Crippen LogP contribution in [0.1, 0.15) is 12.5 Å². The molecule has 0 bridgehead atoms. The van der Waals surface area contributed by atoms with Gasteiger partial charge in [-0.3, -0.25) is 4.79 Å². The number of hydrogen-bond donors (Lipinski definition) is 0. The Balaban J connectivity index is 2.03. The van der Waals surface area contributed by atoms with Crippen LogP contribution < -0.4 is 9.47 Å².